The van der Waals surface area contributed by atoms with Gasteiger partial charge in [-0.15, -0.1) is 0 Å². The van der Waals surface area contributed by atoms with E-state index < -0.39 is 0 Å². The topological polar surface area (TPSA) is 8.17 Å². The molecule has 0 aliphatic carbocycles. The zero-order chi connectivity index (χ0) is 15.8. The first-order valence-corrected chi connectivity index (χ1v) is 8.93. The Kier molecular flexibility index (Phi) is 3.98. The molecule has 23 heavy (non-hydrogen) atoms. The fourth-order valence-corrected chi connectivity index (χ4v) is 4.27. The summed E-state index contributed by atoms with van der Waals surface area (Å²) in [5.41, 5.74) is 6.52. The number of hydrogen-bond acceptors (Lipinski definition) is 1. The van der Waals surface area contributed by atoms with Crippen molar-refractivity contribution in [2.75, 3.05) is 19.6 Å². The van der Waals surface area contributed by atoms with Gasteiger partial charge in [-0.3, -0.25) is 0 Å². The van der Waals surface area contributed by atoms with Gasteiger partial charge in [-0.05, 0) is 87.5 Å². The van der Waals surface area contributed by atoms with Crippen LogP contribution < -0.4 is 0 Å². The molecule has 0 bridgehead atoms. The van der Waals surface area contributed by atoms with Crippen LogP contribution in [0.4, 0.5) is 4.39 Å². The summed E-state index contributed by atoms with van der Waals surface area (Å²) < 4.78 is 15.8. The van der Waals surface area contributed by atoms with Crippen molar-refractivity contribution in [3.05, 3.63) is 52.6 Å². The summed E-state index contributed by atoms with van der Waals surface area (Å²) >= 11 is 0. The molecule has 0 saturated carbocycles. The van der Waals surface area contributed by atoms with Gasteiger partial charge in [-0.25, -0.2) is 4.39 Å². The average Bonchev–Trinajstić information content (AvgIpc) is 2.90. The molecule has 1 aromatic carbocycles. The molecule has 0 spiro atoms. The standard InChI is InChI=1S/C20H25FN2/c1-15-13-17(9-12-22-10-3-2-4-11-22)19-7-5-16-14-18(21)6-8-20(16)23(15)19/h6,8,13-14H,2-5,7,9-12H2,1H3. The Morgan fingerprint density at radius 1 is 1.04 bits per heavy atom. The quantitative estimate of drug-likeness (QED) is 0.830. The van der Waals surface area contributed by atoms with Gasteiger partial charge >= 0.3 is 0 Å². The summed E-state index contributed by atoms with van der Waals surface area (Å²) in [4.78, 5) is 2.61. The number of likely N-dealkylation sites (tertiary alicyclic amines) is 1. The summed E-state index contributed by atoms with van der Waals surface area (Å²) in [6, 6.07) is 7.57. The van der Waals surface area contributed by atoms with Crippen molar-refractivity contribution in [1.29, 1.82) is 0 Å². The minimum atomic E-state index is -0.123. The number of benzene rings is 1. The molecule has 0 atom stereocenters. The van der Waals surface area contributed by atoms with E-state index in [9.17, 15) is 4.39 Å². The fraction of sp³-hybridized carbons (Fsp3) is 0.500. The molecule has 1 aromatic heterocycles. The summed E-state index contributed by atoms with van der Waals surface area (Å²) in [6.07, 6.45) is 7.22. The highest BCUT2D eigenvalue weighted by Gasteiger charge is 2.21. The smallest absolute Gasteiger partial charge is 0.123 e. The van der Waals surface area contributed by atoms with E-state index >= 15 is 0 Å². The SMILES string of the molecule is Cc1cc(CCN2CCCCC2)c2n1-c1ccc(F)cc1CC2. The first kappa shape index (κ1) is 14.9. The highest BCUT2D eigenvalue weighted by atomic mass is 19.1. The molecule has 2 aliphatic rings. The predicted molar refractivity (Wildman–Crippen MR) is 91.9 cm³/mol. The van der Waals surface area contributed by atoms with Crippen LogP contribution in [0.5, 0.6) is 0 Å². The summed E-state index contributed by atoms with van der Waals surface area (Å²) in [6.45, 7) is 5.87. The summed E-state index contributed by atoms with van der Waals surface area (Å²) in [5, 5.41) is 0. The van der Waals surface area contributed by atoms with Gasteiger partial charge in [0.15, 0.2) is 0 Å². The van der Waals surface area contributed by atoms with Gasteiger partial charge in [0.05, 0.1) is 0 Å². The third-order valence-corrected chi connectivity index (χ3v) is 5.44. The van der Waals surface area contributed by atoms with Gasteiger partial charge < -0.3 is 9.47 Å². The molecule has 3 heterocycles. The maximum absolute atomic E-state index is 13.5. The van der Waals surface area contributed by atoms with Gasteiger partial charge in [0.25, 0.3) is 0 Å². The third kappa shape index (κ3) is 2.83. The minimum absolute atomic E-state index is 0.123. The summed E-state index contributed by atoms with van der Waals surface area (Å²) in [7, 11) is 0. The van der Waals surface area contributed by atoms with Crippen LogP contribution in [0.3, 0.4) is 0 Å². The van der Waals surface area contributed by atoms with Crippen LogP contribution in [-0.2, 0) is 19.3 Å². The molecule has 3 heteroatoms. The third-order valence-electron chi connectivity index (χ3n) is 5.44. The lowest BCUT2D eigenvalue weighted by atomic mass is 9.99. The highest BCUT2D eigenvalue weighted by molar-refractivity contribution is 5.50. The van der Waals surface area contributed by atoms with Gasteiger partial charge in [0.1, 0.15) is 5.82 Å². The van der Waals surface area contributed by atoms with Crippen molar-refractivity contribution in [1.82, 2.24) is 9.47 Å². The van der Waals surface area contributed by atoms with E-state index in [0.29, 0.717) is 0 Å². The number of aromatic nitrogens is 1. The number of halogens is 1. The molecular weight excluding hydrogens is 287 g/mol. The Morgan fingerprint density at radius 3 is 2.70 bits per heavy atom. The van der Waals surface area contributed by atoms with Crippen LogP contribution in [0.2, 0.25) is 0 Å². The number of fused-ring (bicyclic) bond motifs is 3. The maximum Gasteiger partial charge on any atom is 0.123 e. The summed E-state index contributed by atoms with van der Waals surface area (Å²) in [5.74, 6) is -0.123. The zero-order valence-corrected chi connectivity index (χ0v) is 13.9. The zero-order valence-electron chi connectivity index (χ0n) is 13.9. The van der Waals surface area contributed by atoms with Crippen LogP contribution >= 0.6 is 0 Å². The van der Waals surface area contributed by atoms with Crippen LogP contribution in [-0.4, -0.2) is 29.1 Å². The molecule has 2 aliphatic heterocycles. The van der Waals surface area contributed by atoms with E-state index in [-0.39, 0.29) is 5.82 Å². The lowest BCUT2D eigenvalue weighted by Gasteiger charge is -2.27. The second-order valence-corrected chi connectivity index (χ2v) is 7.02. The molecule has 1 fully saturated rings. The van der Waals surface area contributed by atoms with Crippen LogP contribution in [0.1, 0.15) is 41.8 Å². The number of nitrogens with zero attached hydrogens (tertiary/aromatic N) is 2. The maximum atomic E-state index is 13.5. The highest BCUT2D eigenvalue weighted by Crippen LogP contribution is 2.31. The largest absolute Gasteiger partial charge is 0.318 e. The molecule has 4 rings (SSSR count). The monoisotopic (exact) mass is 312 g/mol. The Morgan fingerprint density at radius 2 is 1.87 bits per heavy atom. The van der Waals surface area contributed by atoms with Crippen molar-refractivity contribution in [2.24, 2.45) is 0 Å². The van der Waals surface area contributed by atoms with Crippen LogP contribution in [0.25, 0.3) is 5.69 Å². The van der Waals surface area contributed by atoms with Gasteiger partial charge in [-0.1, -0.05) is 6.42 Å². The molecule has 2 aromatic rings. The molecule has 0 N–H and O–H groups in total. The lowest BCUT2D eigenvalue weighted by molar-refractivity contribution is 0.231. The van der Waals surface area contributed by atoms with E-state index in [0.717, 1.165) is 24.8 Å². The number of hydrogen-bond donors (Lipinski definition) is 0. The molecule has 122 valence electrons. The minimum Gasteiger partial charge on any atom is -0.318 e. The Hall–Kier alpha value is -1.61. The first-order valence-electron chi connectivity index (χ1n) is 8.93. The van der Waals surface area contributed by atoms with Crippen molar-refractivity contribution in [3.8, 4) is 5.69 Å². The van der Waals surface area contributed by atoms with E-state index in [1.807, 2.05) is 6.07 Å². The normalized spacial score (nSPS) is 17.8. The number of piperidine rings is 1. The van der Waals surface area contributed by atoms with Gasteiger partial charge in [0.2, 0.25) is 0 Å². The molecule has 0 radical (unpaired) electrons. The van der Waals surface area contributed by atoms with Crippen molar-refractivity contribution in [2.45, 2.75) is 45.4 Å². The van der Waals surface area contributed by atoms with Crippen molar-refractivity contribution in [3.63, 3.8) is 0 Å². The molecule has 2 nitrogen and oxygen atoms in total. The molecular formula is C20H25FN2. The van der Waals surface area contributed by atoms with E-state index in [2.05, 4.69) is 22.5 Å². The number of aryl methyl sites for hydroxylation is 2. The van der Waals surface area contributed by atoms with Crippen LogP contribution in [0.15, 0.2) is 24.3 Å². The Balaban J connectivity index is 1.59. The molecule has 0 unspecified atom stereocenters. The second kappa shape index (κ2) is 6.12. The average molecular weight is 312 g/mol. The van der Waals surface area contributed by atoms with Gasteiger partial charge in [-0.2, -0.15) is 0 Å². The van der Waals surface area contributed by atoms with Gasteiger partial charge in [0, 0.05) is 23.6 Å². The second-order valence-electron chi connectivity index (χ2n) is 7.02. The molecule has 0 amide bonds. The number of rotatable bonds is 3. The van der Waals surface area contributed by atoms with Crippen molar-refractivity contribution >= 4 is 0 Å². The lowest BCUT2D eigenvalue weighted by Crippen LogP contribution is -2.31. The van der Waals surface area contributed by atoms with E-state index in [4.69, 9.17) is 0 Å². The Bertz CT molecular complexity index is 711. The van der Waals surface area contributed by atoms with E-state index in [1.165, 1.54) is 61.5 Å². The van der Waals surface area contributed by atoms with E-state index in [1.54, 1.807) is 12.1 Å². The van der Waals surface area contributed by atoms with Crippen LogP contribution in [0, 0.1) is 12.7 Å². The van der Waals surface area contributed by atoms with Crippen molar-refractivity contribution < 1.29 is 4.39 Å². The Labute approximate surface area is 137 Å². The predicted octanol–water partition coefficient (Wildman–Crippen LogP) is 4.05. The first-order chi connectivity index (χ1) is 11.2. The molecule has 1 saturated heterocycles. The fourth-order valence-electron chi connectivity index (χ4n) is 4.27.